The van der Waals surface area contributed by atoms with E-state index in [0.29, 0.717) is 6.04 Å². The van der Waals surface area contributed by atoms with Gasteiger partial charge in [0.1, 0.15) is 12.7 Å². The van der Waals surface area contributed by atoms with Crippen molar-refractivity contribution in [2.24, 2.45) is 0 Å². The molecule has 104 valence electrons. The molecule has 0 saturated heterocycles. The van der Waals surface area contributed by atoms with Crippen LogP contribution < -0.4 is 5.32 Å². The molecule has 0 fully saturated rings. The largest absolute Gasteiger partial charge is 0.376 e. The molecule has 1 aliphatic rings. The Hall–Kier alpha value is -2.27. The second-order valence-electron chi connectivity index (χ2n) is 4.90. The minimum Gasteiger partial charge on any atom is -0.376 e. The van der Waals surface area contributed by atoms with E-state index in [-0.39, 0.29) is 0 Å². The van der Waals surface area contributed by atoms with E-state index in [0.717, 1.165) is 17.1 Å². The van der Waals surface area contributed by atoms with Crippen LogP contribution in [0.2, 0.25) is 0 Å². The molecule has 2 heterocycles. The topological polar surface area (TPSA) is 42.7 Å². The second kappa shape index (κ2) is 5.26. The molecule has 0 amide bonds. The Bertz CT molecular complexity index is 754. The molecule has 4 nitrogen and oxygen atoms in total. The SMILES string of the molecule is c1ccc(-n2cncn2)c(NC2CSc3ccccc32)c1. The third-order valence-corrected chi connectivity index (χ3v) is 4.78. The first-order chi connectivity index (χ1) is 10.4. The predicted molar refractivity (Wildman–Crippen MR) is 84.9 cm³/mol. The number of para-hydroxylation sites is 2. The van der Waals surface area contributed by atoms with Crippen LogP contribution in [0.15, 0.2) is 66.1 Å². The number of hydrogen-bond acceptors (Lipinski definition) is 4. The van der Waals surface area contributed by atoms with Gasteiger partial charge < -0.3 is 5.32 Å². The fourth-order valence-corrected chi connectivity index (χ4v) is 3.76. The van der Waals surface area contributed by atoms with Crippen LogP contribution >= 0.6 is 11.8 Å². The molecule has 2 aromatic carbocycles. The van der Waals surface area contributed by atoms with E-state index in [1.165, 1.54) is 10.5 Å². The molecular formula is C16H14N4S. The van der Waals surface area contributed by atoms with Crippen LogP contribution in [-0.2, 0) is 0 Å². The number of fused-ring (bicyclic) bond motifs is 1. The summed E-state index contributed by atoms with van der Waals surface area (Å²) in [5.74, 6) is 1.05. The van der Waals surface area contributed by atoms with E-state index in [1.54, 1.807) is 17.3 Å². The van der Waals surface area contributed by atoms with Crippen LogP contribution in [0.3, 0.4) is 0 Å². The number of anilines is 1. The Balaban J connectivity index is 1.67. The van der Waals surface area contributed by atoms with Gasteiger partial charge >= 0.3 is 0 Å². The first-order valence-corrected chi connectivity index (χ1v) is 7.83. The van der Waals surface area contributed by atoms with Gasteiger partial charge in [-0.1, -0.05) is 30.3 Å². The summed E-state index contributed by atoms with van der Waals surface area (Å²) in [5, 5.41) is 7.87. The van der Waals surface area contributed by atoms with Crippen molar-refractivity contribution in [3.8, 4) is 5.69 Å². The van der Waals surface area contributed by atoms with E-state index in [2.05, 4.69) is 45.7 Å². The summed E-state index contributed by atoms with van der Waals surface area (Å²) >= 11 is 1.90. The zero-order chi connectivity index (χ0) is 14.1. The van der Waals surface area contributed by atoms with E-state index in [9.17, 15) is 0 Å². The van der Waals surface area contributed by atoms with Crippen LogP contribution in [0.4, 0.5) is 5.69 Å². The second-order valence-corrected chi connectivity index (χ2v) is 5.96. The highest BCUT2D eigenvalue weighted by atomic mass is 32.2. The summed E-state index contributed by atoms with van der Waals surface area (Å²) in [5.41, 5.74) is 3.46. The van der Waals surface area contributed by atoms with Crippen LogP contribution in [0, 0.1) is 0 Å². The molecule has 1 N–H and O–H groups in total. The lowest BCUT2D eigenvalue weighted by Crippen LogP contribution is -2.12. The standard InChI is InChI=1S/C16H14N4S/c1-4-8-16-12(5-1)14(9-21-16)19-13-6-2-3-7-15(13)20-11-17-10-18-20/h1-8,10-11,14,19H,9H2. The fourth-order valence-electron chi connectivity index (χ4n) is 2.60. The molecule has 21 heavy (non-hydrogen) atoms. The van der Waals surface area contributed by atoms with Crippen molar-refractivity contribution in [2.75, 3.05) is 11.1 Å². The summed E-state index contributed by atoms with van der Waals surface area (Å²) in [6.07, 6.45) is 3.27. The van der Waals surface area contributed by atoms with E-state index < -0.39 is 0 Å². The molecule has 1 atom stereocenters. The van der Waals surface area contributed by atoms with Gasteiger partial charge in [0.15, 0.2) is 0 Å². The molecule has 1 aromatic heterocycles. The molecule has 1 unspecified atom stereocenters. The first-order valence-electron chi connectivity index (χ1n) is 6.84. The third-order valence-electron chi connectivity index (χ3n) is 3.60. The maximum atomic E-state index is 4.23. The number of nitrogens with one attached hydrogen (secondary N) is 1. The normalized spacial score (nSPS) is 16.7. The van der Waals surface area contributed by atoms with Gasteiger partial charge in [-0.05, 0) is 23.8 Å². The van der Waals surface area contributed by atoms with Gasteiger partial charge in [0, 0.05) is 10.6 Å². The first kappa shape index (κ1) is 12.5. The maximum absolute atomic E-state index is 4.23. The van der Waals surface area contributed by atoms with Crippen molar-refractivity contribution in [2.45, 2.75) is 10.9 Å². The highest BCUT2D eigenvalue weighted by Gasteiger charge is 2.23. The van der Waals surface area contributed by atoms with Crippen LogP contribution in [0.25, 0.3) is 5.69 Å². The molecule has 0 radical (unpaired) electrons. The molecular weight excluding hydrogens is 280 g/mol. The predicted octanol–water partition coefficient (Wildman–Crippen LogP) is 3.53. The summed E-state index contributed by atoms with van der Waals surface area (Å²) < 4.78 is 1.79. The molecule has 1 aliphatic heterocycles. The molecule has 0 bridgehead atoms. The number of thioether (sulfide) groups is 1. The van der Waals surface area contributed by atoms with Crippen molar-refractivity contribution < 1.29 is 0 Å². The highest BCUT2D eigenvalue weighted by Crippen LogP contribution is 2.40. The summed E-state index contributed by atoms with van der Waals surface area (Å²) in [4.78, 5) is 5.40. The summed E-state index contributed by atoms with van der Waals surface area (Å²) in [6.45, 7) is 0. The lowest BCUT2D eigenvalue weighted by Gasteiger charge is -2.17. The number of nitrogens with zero attached hydrogens (tertiary/aromatic N) is 3. The number of aromatic nitrogens is 3. The number of hydrogen-bond donors (Lipinski definition) is 1. The quantitative estimate of drug-likeness (QED) is 0.802. The number of rotatable bonds is 3. The zero-order valence-corrected chi connectivity index (χ0v) is 12.1. The Morgan fingerprint density at radius 1 is 1.10 bits per heavy atom. The highest BCUT2D eigenvalue weighted by molar-refractivity contribution is 7.99. The maximum Gasteiger partial charge on any atom is 0.138 e. The van der Waals surface area contributed by atoms with Gasteiger partial charge in [-0.2, -0.15) is 5.10 Å². The van der Waals surface area contributed by atoms with Crippen molar-refractivity contribution in [1.82, 2.24) is 14.8 Å². The van der Waals surface area contributed by atoms with Crippen LogP contribution in [0.5, 0.6) is 0 Å². The van der Waals surface area contributed by atoms with Gasteiger partial charge in [0.05, 0.1) is 17.4 Å². The van der Waals surface area contributed by atoms with Crippen molar-refractivity contribution in [3.63, 3.8) is 0 Å². The third kappa shape index (κ3) is 2.29. The monoisotopic (exact) mass is 294 g/mol. The average Bonchev–Trinajstić information content (AvgIpc) is 3.18. The van der Waals surface area contributed by atoms with Crippen LogP contribution in [0.1, 0.15) is 11.6 Å². The lowest BCUT2D eigenvalue weighted by molar-refractivity contribution is 0.859. The Labute approximate surface area is 127 Å². The Kier molecular flexibility index (Phi) is 3.12. The lowest BCUT2D eigenvalue weighted by atomic mass is 10.1. The van der Waals surface area contributed by atoms with E-state index >= 15 is 0 Å². The van der Waals surface area contributed by atoms with Crippen molar-refractivity contribution in [3.05, 3.63) is 66.7 Å². The average molecular weight is 294 g/mol. The van der Waals surface area contributed by atoms with Gasteiger partial charge in [-0.15, -0.1) is 11.8 Å². The fraction of sp³-hybridized carbons (Fsp3) is 0.125. The summed E-state index contributed by atoms with van der Waals surface area (Å²) in [6, 6.07) is 17.1. The summed E-state index contributed by atoms with van der Waals surface area (Å²) in [7, 11) is 0. The molecule has 4 rings (SSSR count). The van der Waals surface area contributed by atoms with E-state index in [1.807, 2.05) is 30.0 Å². The van der Waals surface area contributed by atoms with Gasteiger partial charge in [0.2, 0.25) is 0 Å². The van der Waals surface area contributed by atoms with Crippen molar-refractivity contribution >= 4 is 17.4 Å². The molecule has 5 heteroatoms. The molecule has 0 saturated carbocycles. The smallest absolute Gasteiger partial charge is 0.138 e. The molecule has 0 aliphatic carbocycles. The van der Waals surface area contributed by atoms with Gasteiger partial charge in [-0.3, -0.25) is 0 Å². The van der Waals surface area contributed by atoms with Gasteiger partial charge in [0.25, 0.3) is 0 Å². The Morgan fingerprint density at radius 3 is 2.86 bits per heavy atom. The minimum absolute atomic E-state index is 0.330. The van der Waals surface area contributed by atoms with E-state index in [4.69, 9.17) is 0 Å². The van der Waals surface area contributed by atoms with Crippen LogP contribution in [-0.4, -0.2) is 20.5 Å². The zero-order valence-electron chi connectivity index (χ0n) is 11.3. The van der Waals surface area contributed by atoms with Crippen molar-refractivity contribution in [1.29, 1.82) is 0 Å². The molecule has 0 spiro atoms. The Morgan fingerprint density at radius 2 is 1.95 bits per heavy atom. The minimum atomic E-state index is 0.330. The molecule has 3 aromatic rings. The number of benzene rings is 2. The van der Waals surface area contributed by atoms with Gasteiger partial charge in [-0.25, -0.2) is 9.67 Å².